The van der Waals surface area contributed by atoms with Crippen LogP contribution in [-0.4, -0.2) is 11.6 Å². The number of ether oxygens (including phenoxy) is 1. The van der Waals surface area contributed by atoms with E-state index in [0.29, 0.717) is 0 Å². The molecule has 0 amide bonds. The van der Waals surface area contributed by atoms with Gasteiger partial charge in [-0.1, -0.05) is 46.3 Å². The van der Waals surface area contributed by atoms with Crippen LogP contribution in [0.2, 0.25) is 0 Å². The first-order valence-electron chi connectivity index (χ1n) is 7.81. The molecule has 2 aromatic carbocycles. The highest BCUT2D eigenvalue weighted by molar-refractivity contribution is 9.10. The topological polar surface area (TPSA) is 38.3 Å². The van der Waals surface area contributed by atoms with E-state index in [0.717, 1.165) is 22.3 Å². The van der Waals surface area contributed by atoms with Crippen molar-refractivity contribution in [2.45, 2.75) is 32.9 Å². The summed E-state index contributed by atoms with van der Waals surface area (Å²) in [5.74, 6) is -0.331. The second-order valence-electron chi connectivity index (χ2n) is 6.47. The Bertz CT molecular complexity index is 715. The first kappa shape index (κ1) is 18.3. The van der Waals surface area contributed by atoms with Crippen LogP contribution in [0.15, 0.2) is 59.1 Å². The van der Waals surface area contributed by atoms with Gasteiger partial charge in [0.15, 0.2) is 0 Å². The van der Waals surface area contributed by atoms with Gasteiger partial charge >= 0.3 is 5.97 Å². The molecule has 0 unspecified atom stereocenters. The van der Waals surface area contributed by atoms with Gasteiger partial charge in [0.05, 0.1) is 0 Å². The summed E-state index contributed by atoms with van der Waals surface area (Å²) in [5, 5.41) is 3.38. The van der Waals surface area contributed by atoms with Crippen LogP contribution in [0.5, 0.6) is 0 Å². The zero-order valence-electron chi connectivity index (χ0n) is 14.2. The highest BCUT2D eigenvalue weighted by Gasteiger charge is 2.13. The molecule has 0 saturated carbocycles. The molecule has 0 bridgehead atoms. The van der Waals surface area contributed by atoms with Gasteiger partial charge in [-0.25, -0.2) is 4.79 Å². The maximum absolute atomic E-state index is 11.7. The highest BCUT2D eigenvalue weighted by Crippen LogP contribution is 2.17. The molecule has 0 spiro atoms. The smallest absolute Gasteiger partial charge is 0.331 e. The Labute approximate surface area is 151 Å². The highest BCUT2D eigenvalue weighted by atomic mass is 79.9. The number of halogens is 1. The van der Waals surface area contributed by atoms with Crippen LogP contribution in [0.3, 0.4) is 0 Å². The molecule has 0 heterocycles. The summed E-state index contributed by atoms with van der Waals surface area (Å²) in [6.07, 6.45) is 3.22. The Morgan fingerprint density at radius 2 is 1.88 bits per heavy atom. The van der Waals surface area contributed by atoms with Crippen LogP contribution in [-0.2, 0) is 16.1 Å². The number of esters is 1. The molecule has 4 heteroatoms. The zero-order valence-corrected chi connectivity index (χ0v) is 15.8. The monoisotopic (exact) mass is 387 g/mol. The maximum Gasteiger partial charge on any atom is 0.331 e. The molecule has 0 aliphatic rings. The lowest BCUT2D eigenvalue weighted by atomic mass is 10.1. The molecule has 0 aliphatic heterocycles. The third-order valence-corrected chi connectivity index (χ3v) is 3.61. The van der Waals surface area contributed by atoms with Gasteiger partial charge in [0, 0.05) is 22.8 Å². The summed E-state index contributed by atoms with van der Waals surface area (Å²) < 4.78 is 6.29. The van der Waals surface area contributed by atoms with Gasteiger partial charge in [0.2, 0.25) is 0 Å². The molecule has 3 nitrogen and oxygen atoms in total. The SMILES string of the molecule is CC(C)(C)OC(=O)/C=C/c1ccc(CNc2cccc(Br)c2)cc1. The second-order valence-corrected chi connectivity index (χ2v) is 7.39. The van der Waals surface area contributed by atoms with E-state index in [9.17, 15) is 4.79 Å². The fraction of sp³-hybridized carbons (Fsp3) is 0.250. The summed E-state index contributed by atoms with van der Waals surface area (Å²) >= 11 is 3.46. The van der Waals surface area contributed by atoms with Crippen LogP contribution in [0, 0.1) is 0 Å². The Hall–Kier alpha value is -2.07. The lowest BCUT2D eigenvalue weighted by molar-refractivity contribution is -0.148. The Morgan fingerprint density at radius 3 is 2.50 bits per heavy atom. The van der Waals surface area contributed by atoms with E-state index in [1.165, 1.54) is 11.6 Å². The van der Waals surface area contributed by atoms with Gasteiger partial charge in [-0.2, -0.15) is 0 Å². The molecule has 0 aliphatic carbocycles. The largest absolute Gasteiger partial charge is 0.457 e. The van der Waals surface area contributed by atoms with Crippen LogP contribution in [0.4, 0.5) is 5.69 Å². The van der Waals surface area contributed by atoms with Crippen molar-refractivity contribution in [3.05, 3.63) is 70.2 Å². The fourth-order valence-electron chi connectivity index (χ4n) is 2.05. The number of hydrogen-bond donors (Lipinski definition) is 1. The summed E-state index contributed by atoms with van der Waals surface area (Å²) in [7, 11) is 0. The number of nitrogens with one attached hydrogen (secondary N) is 1. The van der Waals surface area contributed by atoms with E-state index in [-0.39, 0.29) is 5.97 Å². The quantitative estimate of drug-likeness (QED) is 0.549. The molecule has 0 fully saturated rings. The van der Waals surface area contributed by atoms with Crippen molar-refractivity contribution in [3.63, 3.8) is 0 Å². The first-order chi connectivity index (χ1) is 11.3. The van der Waals surface area contributed by atoms with E-state index < -0.39 is 5.60 Å². The predicted octanol–water partition coefficient (Wildman–Crippen LogP) is 5.42. The lowest BCUT2D eigenvalue weighted by Crippen LogP contribution is -2.22. The Kier molecular flexibility index (Phi) is 6.21. The second kappa shape index (κ2) is 8.15. The molecule has 0 aromatic heterocycles. The zero-order chi connectivity index (χ0) is 17.6. The van der Waals surface area contributed by atoms with Crippen molar-refractivity contribution < 1.29 is 9.53 Å². The maximum atomic E-state index is 11.7. The molecule has 0 saturated heterocycles. The van der Waals surface area contributed by atoms with Crippen LogP contribution in [0.25, 0.3) is 6.08 Å². The number of carbonyl (C=O) groups excluding carboxylic acids is 1. The van der Waals surface area contributed by atoms with Gasteiger partial charge in [-0.05, 0) is 56.2 Å². The van der Waals surface area contributed by atoms with Crippen LogP contribution < -0.4 is 5.32 Å². The third-order valence-electron chi connectivity index (χ3n) is 3.12. The van der Waals surface area contributed by atoms with Gasteiger partial charge in [0.25, 0.3) is 0 Å². The molecule has 24 heavy (non-hydrogen) atoms. The number of benzene rings is 2. The summed E-state index contributed by atoms with van der Waals surface area (Å²) in [5.41, 5.74) is 2.73. The van der Waals surface area contributed by atoms with Crippen LogP contribution in [0.1, 0.15) is 31.9 Å². The molecular weight excluding hydrogens is 366 g/mol. The van der Waals surface area contributed by atoms with E-state index in [1.54, 1.807) is 6.08 Å². The number of hydrogen-bond acceptors (Lipinski definition) is 3. The number of anilines is 1. The molecule has 1 N–H and O–H groups in total. The van der Waals surface area contributed by atoms with Crippen molar-refractivity contribution in [3.8, 4) is 0 Å². The third kappa shape index (κ3) is 6.59. The van der Waals surface area contributed by atoms with Gasteiger partial charge < -0.3 is 10.1 Å². The van der Waals surface area contributed by atoms with E-state index in [1.807, 2.05) is 69.3 Å². The van der Waals surface area contributed by atoms with Crippen molar-refractivity contribution in [2.75, 3.05) is 5.32 Å². The predicted molar refractivity (Wildman–Crippen MR) is 103 cm³/mol. The van der Waals surface area contributed by atoms with Crippen molar-refractivity contribution in [1.82, 2.24) is 0 Å². The van der Waals surface area contributed by atoms with Gasteiger partial charge in [-0.15, -0.1) is 0 Å². The lowest BCUT2D eigenvalue weighted by Gasteiger charge is -2.17. The van der Waals surface area contributed by atoms with Crippen molar-refractivity contribution in [1.29, 1.82) is 0 Å². The van der Waals surface area contributed by atoms with E-state index in [4.69, 9.17) is 4.74 Å². The van der Waals surface area contributed by atoms with Crippen molar-refractivity contribution >= 4 is 33.7 Å². The fourth-order valence-corrected chi connectivity index (χ4v) is 2.45. The van der Waals surface area contributed by atoms with Gasteiger partial charge in [-0.3, -0.25) is 0 Å². The van der Waals surface area contributed by atoms with Crippen molar-refractivity contribution in [2.24, 2.45) is 0 Å². The summed E-state index contributed by atoms with van der Waals surface area (Å²) in [6, 6.07) is 16.1. The number of rotatable bonds is 5. The van der Waals surface area contributed by atoms with Gasteiger partial charge in [0.1, 0.15) is 5.60 Å². The average molecular weight is 388 g/mol. The summed E-state index contributed by atoms with van der Waals surface area (Å²) in [4.78, 5) is 11.7. The van der Waals surface area contributed by atoms with E-state index in [2.05, 4.69) is 21.2 Å². The normalized spacial score (nSPS) is 11.5. The minimum atomic E-state index is -0.469. The standard InChI is InChI=1S/C20H22BrNO2/c1-20(2,3)24-19(23)12-11-15-7-9-16(10-8-15)14-22-18-6-4-5-17(21)13-18/h4-13,22H,14H2,1-3H3/b12-11+. The Balaban J connectivity index is 1.89. The molecule has 2 aromatic rings. The summed E-state index contributed by atoms with van der Waals surface area (Å²) in [6.45, 7) is 6.30. The first-order valence-corrected chi connectivity index (χ1v) is 8.60. The molecule has 0 atom stereocenters. The average Bonchev–Trinajstić information content (AvgIpc) is 2.50. The minimum Gasteiger partial charge on any atom is -0.457 e. The minimum absolute atomic E-state index is 0.331. The Morgan fingerprint density at radius 1 is 1.17 bits per heavy atom. The molecular formula is C20H22BrNO2. The van der Waals surface area contributed by atoms with E-state index >= 15 is 0 Å². The van der Waals surface area contributed by atoms with Crippen LogP contribution >= 0.6 is 15.9 Å². The molecule has 2 rings (SSSR count). The molecule has 126 valence electrons. The number of carbonyl (C=O) groups is 1. The molecule has 0 radical (unpaired) electrons.